The summed E-state index contributed by atoms with van der Waals surface area (Å²) in [5, 5.41) is 7.08. The first-order valence-corrected chi connectivity index (χ1v) is 7.99. The predicted molar refractivity (Wildman–Crippen MR) is 86.8 cm³/mol. The molecule has 0 aromatic carbocycles. The first kappa shape index (κ1) is 15.6. The Morgan fingerprint density at radius 1 is 1.43 bits per heavy atom. The summed E-state index contributed by atoms with van der Waals surface area (Å²) in [4.78, 5) is 23.0. The highest BCUT2D eigenvalue weighted by Crippen LogP contribution is 2.19. The van der Waals surface area contributed by atoms with Gasteiger partial charge in [-0.15, -0.1) is 0 Å². The molecular weight excluding hydrogens is 292 g/mol. The lowest BCUT2D eigenvalue weighted by molar-refractivity contribution is -0.121. The van der Waals surface area contributed by atoms with Crippen molar-refractivity contribution in [2.75, 3.05) is 25.0 Å². The van der Waals surface area contributed by atoms with Gasteiger partial charge in [-0.05, 0) is 37.9 Å². The normalized spacial score (nSPS) is 18.7. The Hall–Kier alpha value is -2.28. The van der Waals surface area contributed by atoms with Crippen LogP contribution in [0.25, 0.3) is 0 Å². The van der Waals surface area contributed by atoms with E-state index in [9.17, 15) is 4.79 Å². The van der Waals surface area contributed by atoms with Crippen LogP contribution < -0.4 is 5.32 Å². The van der Waals surface area contributed by atoms with Crippen molar-refractivity contribution < 1.29 is 4.79 Å². The largest absolute Gasteiger partial charge is 0.310 e. The van der Waals surface area contributed by atoms with Crippen molar-refractivity contribution in [2.24, 2.45) is 5.92 Å². The van der Waals surface area contributed by atoms with E-state index in [0.29, 0.717) is 5.82 Å². The van der Waals surface area contributed by atoms with E-state index in [1.807, 2.05) is 23.7 Å². The quantitative estimate of drug-likeness (QED) is 0.901. The number of rotatable bonds is 5. The van der Waals surface area contributed by atoms with Crippen LogP contribution in [0, 0.1) is 12.8 Å². The predicted octanol–water partition coefficient (Wildman–Crippen LogP) is 1.33. The van der Waals surface area contributed by atoms with Crippen molar-refractivity contribution in [3.8, 4) is 0 Å². The van der Waals surface area contributed by atoms with E-state index in [4.69, 9.17) is 0 Å². The number of carbonyl (C=O) groups is 1. The van der Waals surface area contributed by atoms with E-state index < -0.39 is 0 Å². The number of hydrogen-bond acceptors (Lipinski definition) is 5. The number of amides is 1. The monoisotopic (exact) mass is 314 g/mol. The fourth-order valence-electron chi connectivity index (χ4n) is 2.90. The Morgan fingerprint density at radius 3 is 3.13 bits per heavy atom. The van der Waals surface area contributed by atoms with Crippen molar-refractivity contribution in [3.05, 3.63) is 36.5 Å². The van der Waals surface area contributed by atoms with Gasteiger partial charge in [0.15, 0.2) is 0 Å². The fraction of sp³-hybridized carbons (Fsp3) is 0.500. The molecule has 0 saturated carbocycles. The minimum absolute atomic E-state index is 0.0147. The maximum absolute atomic E-state index is 12.5. The van der Waals surface area contributed by atoms with Crippen molar-refractivity contribution in [3.63, 3.8) is 0 Å². The minimum Gasteiger partial charge on any atom is -0.310 e. The Labute approximate surface area is 135 Å². The maximum atomic E-state index is 12.5. The van der Waals surface area contributed by atoms with Crippen LogP contribution in [0.1, 0.15) is 18.4 Å². The van der Waals surface area contributed by atoms with E-state index in [2.05, 4.69) is 25.3 Å². The average molecular weight is 314 g/mol. The third kappa shape index (κ3) is 4.13. The number of anilines is 1. The molecule has 1 aliphatic heterocycles. The maximum Gasteiger partial charge on any atom is 0.229 e. The highest BCUT2D eigenvalue weighted by atomic mass is 16.2. The zero-order valence-electron chi connectivity index (χ0n) is 13.4. The van der Waals surface area contributed by atoms with Gasteiger partial charge in [0.05, 0.1) is 12.5 Å². The van der Waals surface area contributed by atoms with E-state index in [1.165, 1.54) is 0 Å². The van der Waals surface area contributed by atoms with Crippen LogP contribution in [0.5, 0.6) is 0 Å². The molecule has 122 valence electrons. The molecule has 1 aliphatic rings. The minimum atomic E-state index is 0.0147. The Balaban J connectivity index is 1.53. The average Bonchev–Trinajstić information content (AvgIpc) is 3.09. The summed E-state index contributed by atoms with van der Waals surface area (Å²) in [6, 6.07) is 3.82. The first-order chi connectivity index (χ1) is 11.2. The lowest BCUT2D eigenvalue weighted by Gasteiger charge is -2.31. The number of carbonyl (C=O) groups excluding carboxylic acids is 1. The van der Waals surface area contributed by atoms with Crippen LogP contribution in [-0.2, 0) is 11.3 Å². The Bertz CT molecular complexity index is 642. The number of nitrogens with zero attached hydrogens (tertiary/aromatic N) is 5. The van der Waals surface area contributed by atoms with Gasteiger partial charge in [-0.25, -0.2) is 9.97 Å². The van der Waals surface area contributed by atoms with Gasteiger partial charge in [0.1, 0.15) is 18.5 Å². The van der Waals surface area contributed by atoms with Crippen LogP contribution in [0.3, 0.4) is 0 Å². The van der Waals surface area contributed by atoms with Gasteiger partial charge in [-0.3, -0.25) is 9.48 Å². The molecule has 3 heterocycles. The number of nitrogens with one attached hydrogen (secondary N) is 1. The molecule has 1 N–H and O–H groups in total. The molecular formula is C16H22N6O. The van der Waals surface area contributed by atoms with E-state index in [1.54, 1.807) is 18.9 Å². The topological polar surface area (TPSA) is 75.9 Å². The molecule has 1 amide bonds. The molecule has 2 aromatic heterocycles. The molecule has 1 atom stereocenters. The van der Waals surface area contributed by atoms with Gasteiger partial charge < -0.3 is 10.2 Å². The van der Waals surface area contributed by atoms with Crippen LogP contribution in [0.4, 0.5) is 5.82 Å². The highest BCUT2D eigenvalue weighted by Gasteiger charge is 2.26. The van der Waals surface area contributed by atoms with Crippen LogP contribution in [0.2, 0.25) is 0 Å². The van der Waals surface area contributed by atoms with Crippen molar-refractivity contribution in [1.29, 1.82) is 0 Å². The Morgan fingerprint density at radius 2 is 2.35 bits per heavy atom. The molecule has 23 heavy (non-hydrogen) atoms. The summed E-state index contributed by atoms with van der Waals surface area (Å²) in [6.07, 6.45) is 6.93. The number of aromatic nitrogens is 4. The van der Waals surface area contributed by atoms with Crippen molar-refractivity contribution in [1.82, 2.24) is 24.6 Å². The molecule has 7 heteroatoms. The number of pyridine rings is 1. The van der Waals surface area contributed by atoms with Gasteiger partial charge in [-0.2, -0.15) is 5.10 Å². The lowest BCUT2D eigenvalue weighted by Crippen LogP contribution is -2.42. The zero-order chi connectivity index (χ0) is 16.1. The van der Waals surface area contributed by atoms with Crippen LogP contribution in [-0.4, -0.2) is 50.2 Å². The van der Waals surface area contributed by atoms with Crippen molar-refractivity contribution >= 4 is 11.7 Å². The standard InChI is InChI=1S/C16H22N6O/c1-13-4-2-6-18-15(13)20-16(23)14-5-3-7-21(10-14)8-9-22-12-17-11-19-22/h2,4,6,11-12,14H,3,5,7-10H2,1H3,(H,18,20,23). The second-order valence-corrected chi connectivity index (χ2v) is 5.96. The van der Waals surface area contributed by atoms with Crippen molar-refractivity contribution in [2.45, 2.75) is 26.3 Å². The summed E-state index contributed by atoms with van der Waals surface area (Å²) < 4.78 is 1.82. The number of hydrogen-bond donors (Lipinski definition) is 1. The third-order valence-electron chi connectivity index (χ3n) is 4.24. The van der Waals surface area contributed by atoms with Gasteiger partial charge in [0, 0.05) is 19.3 Å². The molecule has 0 bridgehead atoms. The molecule has 1 fully saturated rings. The molecule has 3 rings (SSSR count). The lowest BCUT2D eigenvalue weighted by atomic mass is 9.97. The number of aryl methyl sites for hydroxylation is 1. The molecule has 2 aromatic rings. The summed E-state index contributed by atoms with van der Waals surface area (Å²) in [5.74, 6) is 0.746. The molecule has 1 unspecified atom stereocenters. The fourth-order valence-corrected chi connectivity index (χ4v) is 2.90. The summed E-state index contributed by atoms with van der Waals surface area (Å²) in [6.45, 7) is 5.45. The third-order valence-corrected chi connectivity index (χ3v) is 4.24. The summed E-state index contributed by atoms with van der Waals surface area (Å²) in [7, 11) is 0. The molecule has 7 nitrogen and oxygen atoms in total. The van der Waals surface area contributed by atoms with Gasteiger partial charge >= 0.3 is 0 Å². The van der Waals surface area contributed by atoms with E-state index in [-0.39, 0.29) is 11.8 Å². The molecule has 0 spiro atoms. The van der Waals surface area contributed by atoms with Gasteiger partial charge in [0.25, 0.3) is 0 Å². The Kier molecular flexibility index (Phi) is 4.97. The highest BCUT2D eigenvalue weighted by molar-refractivity contribution is 5.92. The zero-order valence-corrected chi connectivity index (χ0v) is 13.4. The van der Waals surface area contributed by atoms with Gasteiger partial charge in [0.2, 0.25) is 5.91 Å². The second kappa shape index (κ2) is 7.32. The van der Waals surface area contributed by atoms with E-state index in [0.717, 1.165) is 44.6 Å². The molecule has 0 radical (unpaired) electrons. The number of likely N-dealkylation sites (tertiary alicyclic amines) is 1. The van der Waals surface area contributed by atoms with Crippen LogP contribution in [0.15, 0.2) is 31.0 Å². The molecule has 1 saturated heterocycles. The first-order valence-electron chi connectivity index (χ1n) is 7.99. The SMILES string of the molecule is Cc1cccnc1NC(=O)C1CCCN(CCn2cncn2)C1. The van der Waals surface area contributed by atoms with Crippen LogP contribution >= 0.6 is 0 Å². The summed E-state index contributed by atoms with van der Waals surface area (Å²) in [5.41, 5.74) is 0.986. The summed E-state index contributed by atoms with van der Waals surface area (Å²) >= 11 is 0. The second-order valence-electron chi connectivity index (χ2n) is 5.96. The van der Waals surface area contributed by atoms with Gasteiger partial charge in [-0.1, -0.05) is 6.07 Å². The van der Waals surface area contributed by atoms with E-state index >= 15 is 0 Å². The smallest absolute Gasteiger partial charge is 0.229 e. The number of piperidine rings is 1. The molecule has 0 aliphatic carbocycles.